The Morgan fingerprint density at radius 3 is 2.58 bits per heavy atom. The minimum atomic E-state index is -0.964. The zero-order valence-electron chi connectivity index (χ0n) is 11.4. The van der Waals surface area contributed by atoms with Gasteiger partial charge in [-0.15, -0.1) is 0 Å². The molecule has 0 aliphatic carbocycles. The summed E-state index contributed by atoms with van der Waals surface area (Å²) < 4.78 is 0. The van der Waals surface area contributed by atoms with Gasteiger partial charge in [0.15, 0.2) is 0 Å². The van der Waals surface area contributed by atoms with E-state index in [4.69, 9.17) is 0 Å². The van der Waals surface area contributed by atoms with Gasteiger partial charge in [-0.3, -0.25) is 19.8 Å². The van der Waals surface area contributed by atoms with Crippen molar-refractivity contribution in [2.45, 2.75) is 38.1 Å². The minimum Gasteiger partial charge on any atom is -0.480 e. The van der Waals surface area contributed by atoms with E-state index in [-0.39, 0.29) is 6.54 Å². The van der Waals surface area contributed by atoms with Gasteiger partial charge in [-0.05, 0) is 25.8 Å². The maximum atomic E-state index is 11.7. The molecule has 3 amide bonds. The lowest BCUT2D eigenvalue weighted by Gasteiger charge is -2.34. The van der Waals surface area contributed by atoms with Gasteiger partial charge in [-0.1, -0.05) is 13.3 Å². The summed E-state index contributed by atoms with van der Waals surface area (Å²) in [6.07, 6.45) is 2.54. The van der Waals surface area contributed by atoms with Crippen molar-refractivity contribution < 1.29 is 19.5 Å². The molecule has 1 saturated heterocycles. The molecule has 0 aromatic rings. The lowest BCUT2D eigenvalue weighted by atomic mass is 9.90. The normalized spacial score (nSPS) is 23.1. The number of nitrogens with zero attached hydrogens (tertiary/aromatic N) is 1. The second kappa shape index (κ2) is 6.51. The zero-order chi connectivity index (χ0) is 14.5. The Hall–Kier alpha value is -1.63. The standard InChI is InChI=1S/C12H21N3O4/c1-3-5-12(10(17)18)6-4-7-15(12)8-9(16)14-11(19)13-2/h3-8H2,1-2H3,(H,17,18)(H2,13,14,16,19). The van der Waals surface area contributed by atoms with Crippen LogP contribution in [0.15, 0.2) is 0 Å². The highest BCUT2D eigenvalue weighted by Crippen LogP contribution is 2.33. The predicted molar refractivity (Wildman–Crippen MR) is 68.7 cm³/mol. The molecular formula is C12H21N3O4. The number of amides is 3. The van der Waals surface area contributed by atoms with Crippen molar-refractivity contribution in [2.75, 3.05) is 20.1 Å². The SMILES string of the molecule is CCCC1(C(=O)O)CCCN1CC(=O)NC(=O)NC. The van der Waals surface area contributed by atoms with Crippen molar-refractivity contribution in [1.82, 2.24) is 15.5 Å². The first kappa shape index (κ1) is 15.4. The average Bonchev–Trinajstić information content (AvgIpc) is 2.73. The van der Waals surface area contributed by atoms with Crippen LogP contribution in [0.2, 0.25) is 0 Å². The first-order chi connectivity index (χ1) is 8.96. The van der Waals surface area contributed by atoms with E-state index in [9.17, 15) is 19.5 Å². The summed E-state index contributed by atoms with van der Waals surface area (Å²) in [6, 6.07) is -0.583. The molecule has 0 saturated carbocycles. The Kier molecular flexibility index (Phi) is 5.29. The van der Waals surface area contributed by atoms with E-state index in [0.717, 1.165) is 12.8 Å². The third kappa shape index (κ3) is 3.44. The number of hydrogen-bond acceptors (Lipinski definition) is 4. The number of imide groups is 1. The molecule has 1 fully saturated rings. The lowest BCUT2D eigenvalue weighted by molar-refractivity contribution is -0.150. The summed E-state index contributed by atoms with van der Waals surface area (Å²) in [6.45, 7) is 2.42. The Balaban J connectivity index is 2.72. The van der Waals surface area contributed by atoms with Gasteiger partial charge >= 0.3 is 12.0 Å². The fourth-order valence-corrected chi connectivity index (χ4v) is 2.61. The van der Waals surface area contributed by atoms with Crippen molar-refractivity contribution in [1.29, 1.82) is 0 Å². The number of rotatable bonds is 5. The molecule has 0 spiro atoms. The molecule has 0 radical (unpaired) electrons. The second-order valence-electron chi connectivity index (χ2n) is 4.74. The van der Waals surface area contributed by atoms with Crippen molar-refractivity contribution >= 4 is 17.9 Å². The Morgan fingerprint density at radius 2 is 2.05 bits per heavy atom. The number of aliphatic carboxylic acids is 1. The molecule has 1 heterocycles. The molecule has 3 N–H and O–H groups in total. The third-order valence-electron chi connectivity index (χ3n) is 3.50. The van der Waals surface area contributed by atoms with E-state index in [2.05, 4.69) is 10.6 Å². The molecule has 0 bridgehead atoms. The quantitative estimate of drug-likeness (QED) is 0.661. The average molecular weight is 271 g/mol. The number of nitrogens with one attached hydrogen (secondary N) is 2. The van der Waals surface area contributed by atoms with Crippen LogP contribution in [0.25, 0.3) is 0 Å². The summed E-state index contributed by atoms with van der Waals surface area (Å²) >= 11 is 0. The molecule has 0 aromatic heterocycles. The first-order valence-corrected chi connectivity index (χ1v) is 6.46. The number of urea groups is 1. The molecule has 1 atom stereocenters. The molecule has 1 aliphatic heterocycles. The second-order valence-corrected chi connectivity index (χ2v) is 4.74. The van der Waals surface area contributed by atoms with Crippen LogP contribution in [0.4, 0.5) is 4.79 Å². The van der Waals surface area contributed by atoms with Crippen LogP contribution < -0.4 is 10.6 Å². The van der Waals surface area contributed by atoms with Gasteiger partial charge in [0.05, 0.1) is 6.54 Å². The molecule has 1 rings (SSSR count). The number of carbonyl (C=O) groups is 3. The van der Waals surface area contributed by atoms with Gasteiger partial charge in [0.1, 0.15) is 5.54 Å². The van der Waals surface area contributed by atoms with Gasteiger partial charge in [-0.2, -0.15) is 0 Å². The van der Waals surface area contributed by atoms with Gasteiger partial charge < -0.3 is 10.4 Å². The van der Waals surface area contributed by atoms with E-state index in [0.29, 0.717) is 19.4 Å². The van der Waals surface area contributed by atoms with Crippen LogP contribution in [-0.2, 0) is 9.59 Å². The summed E-state index contributed by atoms with van der Waals surface area (Å²) in [5.74, 6) is -1.37. The number of hydrogen-bond donors (Lipinski definition) is 3. The lowest BCUT2D eigenvalue weighted by Crippen LogP contribution is -2.54. The molecule has 7 nitrogen and oxygen atoms in total. The Bertz CT molecular complexity index is 372. The monoisotopic (exact) mass is 271 g/mol. The molecule has 19 heavy (non-hydrogen) atoms. The number of likely N-dealkylation sites (tertiary alicyclic amines) is 1. The highest BCUT2D eigenvalue weighted by atomic mass is 16.4. The van der Waals surface area contributed by atoms with Crippen molar-refractivity contribution in [2.24, 2.45) is 0 Å². The van der Waals surface area contributed by atoms with Crippen LogP contribution in [-0.4, -0.2) is 53.6 Å². The zero-order valence-corrected chi connectivity index (χ0v) is 11.4. The molecule has 1 aliphatic rings. The van der Waals surface area contributed by atoms with Gasteiger partial charge in [0, 0.05) is 7.05 Å². The smallest absolute Gasteiger partial charge is 0.324 e. The summed E-state index contributed by atoms with van der Waals surface area (Å²) in [5, 5.41) is 13.9. The number of carboxylic acid groups (broad SMARTS) is 1. The van der Waals surface area contributed by atoms with Crippen LogP contribution in [0.1, 0.15) is 32.6 Å². The molecule has 1 unspecified atom stereocenters. The van der Waals surface area contributed by atoms with E-state index >= 15 is 0 Å². The van der Waals surface area contributed by atoms with E-state index < -0.39 is 23.4 Å². The predicted octanol–water partition coefficient (Wildman–Crippen LogP) is 0.161. The minimum absolute atomic E-state index is 0.0697. The summed E-state index contributed by atoms with van der Waals surface area (Å²) in [5.41, 5.74) is -0.964. The fraction of sp³-hybridized carbons (Fsp3) is 0.750. The molecule has 7 heteroatoms. The molecular weight excluding hydrogens is 250 g/mol. The molecule has 0 aromatic carbocycles. The molecule has 108 valence electrons. The highest BCUT2D eigenvalue weighted by Gasteiger charge is 2.47. The van der Waals surface area contributed by atoms with Gasteiger partial charge in [0.25, 0.3) is 0 Å². The summed E-state index contributed by atoms with van der Waals surface area (Å²) in [4.78, 5) is 35.9. The Labute approximate surface area is 112 Å². The van der Waals surface area contributed by atoms with E-state index in [1.165, 1.54) is 7.05 Å². The largest absolute Gasteiger partial charge is 0.480 e. The maximum Gasteiger partial charge on any atom is 0.324 e. The van der Waals surface area contributed by atoms with E-state index in [1.807, 2.05) is 6.92 Å². The number of carbonyl (C=O) groups excluding carboxylic acids is 2. The van der Waals surface area contributed by atoms with Gasteiger partial charge in [0.2, 0.25) is 5.91 Å². The highest BCUT2D eigenvalue weighted by molar-refractivity contribution is 5.95. The van der Waals surface area contributed by atoms with Crippen LogP contribution in [0.5, 0.6) is 0 Å². The van der Waals surface area contributed by atoms with Crippen LogP contribution in [0.3, 0.4) is 0 Å². The van der Waals surface area contributed by atoms with E-state index in [1.54, 1.807) is 4.90 Å². The summed E-state index contributed by atoms with van der Waals surface area (Å²) in [7, 11) is 1.41. The van der Waals surface area contributed by atoms with Crippen molar-refractivity contribution in [3.63, 3.8) is 0 Å². The van der Waals surface area contributed by atoms with Crippen molar-refractivity contribution in [3.8, 4) is 0 Å². The van der Waals surface area contributed by atoms with Crippen LogP contribution in [0, 0.1) is 0 Å². The topological polar surface area (TPSA) is 98.7 Å². The Morgan fingerprint density at radius 1 is 1.37 bits per heavy atom. The first-order valence-electron chi connectivity index (χ1n) is 6.46. The number of carboxylic acids is 1. The maximum absolute atomic E-state index is 11.7. The van der Waals surface area contributed by atoms with Gasteiger partial charge in [-0.25, -0.2) is 4.79 Å². The third-order valence-corrected chi connectivity index (χ3v) is 3.50. The van der Waals surface area contributed by atoms with Crippen molar-refractivity contribution in [3.05, 3.63) is 0 Å². The van der Waals surface area contributed by atoms with Crippen LogP contribution >= 0.6 is 0 Å². The fourth-order valence-electron chi connectivity index (χ4n) is 2.61.